The Morgan fingerprint density at radius 3 is 2.31 bits per heavy atom. The van der Waals surface area contributed by atoms with Crippen LogP contribution in [0.15, 0.2) is 42.5 Å². The number of nitrogens with one attached hydrogen (secondary N) is 1. The molecule has 39 heavy (non-hydrogen) atoms. The highest BCUT2D eigenvalue weighted by Crippen LogP contribution is 2.32. The lowest BCUT2D eigenvalue weighted by atomic mass is 9.99. The Hall–Kier alpha value is -3.63. The molecular weight excluding hydrogens is 525 g/mol. The van der Waals surface area contributed by atoms with Gasteiger partial charge in [-0.1, -0.05) is 23.7 Å². The number of halogens is 2. The molecule has 4 rings (SSSR count). The van der Waals surface area contributed by atoms with Crippen LogP contribution < -0.4 is 10.1 Å². The molecule has 2 heterocycles. The summed E-state index contributed by atoms with van der Waals surface area (Å²) in [5.41, 5.74) is 2.02. The van der Waals surface area contributed by atoms with Crippen molar-refractivity contribution >= 4 is 41.2 Å². The van der Waals surface area contributed by atoms with Crippen LogP contribution in [0.5, 0.6) is 5.75 Å². The maximum Gasteiger partial charge on any atom is 0.319 e. The van der Waals surface area contributed by atoms with Crippen molar-refractivity contribution in [3.8, 4) is 5.75 Å². The smallest absolute Gasteiger partial charge is 0.319 e. The first-order chi connectivity index (χ1) is 18.5. The van der Waals surface area contributed by atoms with E-state index in [1.807, 2.05) is 4.90 Å². The molecule has 0 aliphatic carbocycles. The number of ether oxygens (including phenoxy) is 1. The van der Waals surface area contributed by atoms with Gasteiger partial charge in [-0.05, 0) is 35.9 Å². The number of piperazine rings is 2. The first-order valence-corrected chi connectivity index (χ1v) is 13.0. The fourth-order valence-electron chi connectivity index (χ4n) is 5.20. The van der Waals surface area contributed by atoms with E-state index >= 15 is 0 Å². The second kappa shape index (κ2) is 12.0. The van der Waals surface area contributed by atoms with E-state index in [4.69, 9.17) is 16.3 Å². The van der Waals surface area contributed by atoms with E-state index in [-0.39, 0.29) is 35.7 Å². The average Bonchev–Trinajstić information content (AvgIpc) is 2.87. The molecule has 2 aromatic rings. The molecule has 0 radical (unpaired) electrons. The summed E-state index contributed by atoms with van der Waals surface area (Å²) in [5.74, 6) is -0.321. The highest BCUT2D eigenvalue weighted by molar-refractivity contribution is 6.32. The van der Waals surface area contributed by atoms with Crippen molar-refractivity contribution in [2.24, 2.45) is 0 Å². The number of anilines is 1. The minimum atomic E-state index is -0.282. The van der Waals surface area contributed by atoms with Crippen molar-refractivity contribution in [3.63, 3.8) is 0 Å². The van der Waals surface area contributed by atoms with E-state index < -0.39 is 0 Å². The fraction of sp³-hybridized carbons (Fsp3) is 0.393. The zero-order valence-corrected chi connectivity index (χ0v) is 23.2. The molecule has 2 aliphatic heterocycles. The van der Waals surface area contributed by atoms with Crippen LogP contribution in [0.2, 0.25) is 5.02 Å². The summed E-state index contributed by atoms with van der Waals surface area (Å²) in [5, 5.41) is 3.07. The Bertz CT molecular complexity index is 1250. The molecule has 0 saturated carbocycles. The summed E-state index contributed by atoms with van der Waals surface area (Å²) < 4.78 is 18.7. The van der Waals surface area contributed by atoms with Gasteiger partial charge >= 0.3 is 6.03 Å². The van der Waals surface area contributed by atoms with Gasteiger partial charge in [0.25, 0.3) is 0 Å². The minimum Gasteiger partial charge on any atom is -0.495 e. The molecule has 9 nitrogen and oxygen atoms in total. The number of hydrogen-bond donors (Lipinski definition) is 1. The Morgan fingerprint density at radius 1 is 1.10 bits per heavy atom. The summed E-state index contributed by atoms with van der Waals surface area (Å²) in [6.45, 7) is 3.95. The number of hydrogen-bond acceptors (Lipinski definition) is 5. The average molecular weight is 558 g/mol. The molecule has 2 saturated heterocycles. The van der Waals surface area contributed by atoms with Crippen LogP contribution in [0.25, 0.3) is 6.08 Å². The molecule has 2 fully saturated rings. The van der Waals surface area contributed by atoms with Gasteiger partial charge in [0.2, 0.25) is 11.8 Å². The quantitative estimate of drug-likeness (QED) is 0.549. The van der Waals surface area contributed by atoms with Gasteiger partial charge < -0.3 is 24.8 Å². The van der Waals surface area contributed by atoms with E-state index in [0.717, 1.165) is 5.56 Å². The van der Waals surface area contributed by atoms with Gasteiger partial charge in [-0.3, -0.25) is 14.5 Å². The molecule has 208 valence electrons. The Kier molecular flexibility index (Phi) is 8.76. The third-order valence-corrected chi connectivity index (χ3v) is 7.15. The van der Waals surface area contributed by atoms with Crippen LogP contribution in [0.1, 0.15) is 18.1 Å². The number of urea groups is 1. The van der Waals surface area contributed by atoms with Crippen LogP contribution in [0, 0.1) is 5.82 Å². The minimum absolute atomic E-state index is 0.0900. The second-order valence-electron chi connectivity index (χ2n) is 10.0. The topological polar surface area (TPSA) is 85.4 Å². The summed E-state index contributed by atoms with van der Waals surface area (Å²) in [7, 11) is 4.92. The van der Waals surface area contributed by atoms with Gasteiger partial charge in [0.1, 0.15) is 11.6 Å². The molecule has 2 aliphatic rings. The molecule has 0 aromatic heterocycles. The molecule has 4 amide bonds. The Balaban J connectivity index is 1.57. The van der Waals surface area contributed by atoms with Crippen molar-refractivity contribution in [2.75, 3.05) is 52.7 Å². The highest BCUT2D eigenvalue weighted by Gasteiger charge is 2.43. The SMILES string of the molecule is COc1cc(/C=C/C(=O)N2C3CN(Cc4ccc(F)cc4)CC2CN(C(=O)N(C)C)C3)c(NC(C)=O)cc1Cl. The van der Waals surface area contributed by atoms with E-state index in [1.165, 1.54) is 32.2 Å². The Labute approximate surface area is 232 Å². The number of nitrogens with zero attached hydrogens (tertiary/aromatic N) is 4. The number of carbonyl (C=O) groups is 3. The molecular formula is C28H33ClFN5O4. The van der Waals surface area contributed by atoms with Crippen molar-refractivity contribution in [2.45, 2.75) is 25.6 Å². The monoisotopic (exact) mass is 557 g/mol. The molecule has 0 spiro atoms. The van der Waals surface area contributed by atoms with Gasteiger partial charge in [0.05, 0.1) is 24.2 Å². The standard InChI is InChI=1S/C28H33ClFN5O4/c1-18(36)31-25-12-24(29)26(39-4)11-20(25)7-10-27(37)35-22-14-33(13-19-5-8-21(30)9-6-19)15-23(35)17-34(16-22)28(38)32(2)3/h5-12,22-23H,13-17H2,1-4H3,(H,31,36)/b10-7+. The van der Waals surface area contributed by atoms with Crippen molar-refractivity contribution in [1.82, 2.24) is 19.6 Å². The molecule has 2 aromatic carbocycles. The van der Waals surface area contributed by atoms with Crippen molar-refractivity contribution in [1.29, 1.82) is 0 Å². The fourth-order valence-corrected chi connectivity index (χ4v) is 5.44. The van der Waals surface area contributed by atoms with Gasteiger partial charge in [-0.2, -0.15) is 0 Å². The van der Waals surface area contributed by atoms with Crippen LogP contribution in [-0.2, 0) is 16.1 Å². The summed E-state index contributed by atoms with van der Waals surface area (Å²) >= 11 is 6.24. The summed E-state index contributed by atoms with van der Waals surface area (Å²) in [6, 6.07) is 9.12. The van der Waals surface area contributed by atoms with Gasteiger partial charge in [0.15, 0.2) is 0 Å². The number of rotatable bonds is 6. The van der Waals surface area contributed by atoms with Crippen LogP contribution in [0.4, 0.5) is 14.9 Å². The van der Waals surface area contributed by atoms with Gasteiger partial charge in [-0.25, -0.2) is 9.18 Å². The predicted octanol–water partition coefficient (Wildman–Crippen LogP) is 3.54. The second-order valence-corrected chi connectivity index (χ2v) is 10.5. The molecule has 2 atom stereocenters. The van der Waals surface area contributed by atoms with Crippen molar-refractivity contribution < 1.29 is 23.5 Å². The molecule has 1 N–H and O–H groups in total. The highest BCUT2D eigenvalue weighted by atomic mass is 35.5. The van der Waals surface area contributed by atoms with Crippen LogP contribution in [-0.4, -0.2) is 96.9 Å². The third-order valence-electron chi connectivity index (χ3n) is 6.85. The zero-order chi connectivity index (χ0) is 28.3. The lowest BCUT2D eigenvalue weighted by Gasteiger charge is -2.53. The summed E-state index contributed by atoms with van der Waals surface area (Å²) in [6.07, 6.45) is 3.11. The number of methoxy groups -OCH3 is 1. The van der Waals surface area contributed by atoms with Gasteiger partial charge in [-0.15, -0.1) is 0 Å². The number of carbonyl (C=O) groups excluding carboxylic acids is 3. The third kappa shape index (κ3) is 6.69. The predicted molar refractivity (Wildman–Crippen MR) is 148 cm³/mol. The normalized spacial score (nSPS) is 19.2. The molecule has 2 unspecified atom stereocenters. The zero-order valence-electron chi connectivity index (χ0n) is 22.5. The van der Waals surface area contributed by atoms with Crippen LogP contribution in [0.3, 0.4) is 0 Å². The first kappa shape index (κ1) is 28.4. The van der Waals surface area contributed by atoms with Crippen molar-refractivity contribution in [3.05, 3.63) is 64.4 Å². The van der Waals surface area contributed by atoms with E-state index in [9.17, 15) is 18.8 Å². The maximum atomic E-state index is 13.6. The number of benzene rings is 2. The molecule has 11 heteroatoms. The number of amides is 4. The van der Waals surface area contributed by atoms with E-state index in [2.05, 4.69) is 10.2 Å². The largest absolute Gasteiger partial charge is 0.495 e. The lowest BCUT2D eigenvalue weighted by molar-refractivity contribution is -0.139. The van der Waals surface area contributed by atoms with E-state index in [0.29, 0.717) is 54.7 Å². The first-order valence-electron chi connectivity index (χ1n) is 12.6. The number of fused-ring (bicyclic) bond motifs is 2. The summed E-state index contributed by atoms with van der Waals surface area (Å²) in [4.78, 5) is 45.5. The van der Waals surface area contributed by atoms with Gasteiger partial charge in [0, 0.05) is 71.1 Å². The molecule has 2 bridgehead atoms. The van der Waals surface area contributed by atoms with E-state index in [1.54, 1.807) is 54.2 Å². The Morgan fingerprint density at radius 2 is 1.74 bits per heavy atom. The van der Waals surface area contributed by atoms with Crippen LogP contribution >= 0.6 is 11.6 Å². The lowest BCUT2D eigenvalue weighted by Crippen LogP contribution is -2.70. The maximum absolute atomic E-state index is 13.6.